The van der Waals surface area contributed by atoms with Crippen LogP contribution in [0.5, 0.6) is 0 Å². The van der Waals surface area contributed by atoms with Crippen LogP contribution < -0.4 is 0 Å². The summed E-state index contributed by atoms with van der Waals surface area (Å²) in [5, 5.41) is 13.1. The highest BCUT2D eigenvalue weighted by atomic mass is 79.9. The quantitative estimate of drug-likeness (QED) is 0.191. The molecule has 0 atom stereocenters. The fourth-order valence-electron chi connectivity index (χ4n) is 3.96. The van der Waals surface area contributed by atoms with Crippen molar-refractivity contribution < 1.29 is 0 Å². The molecule has 0 saturated carbocycles. The van der Waals surface area contributed by atoms with E-state index in [2.05, 4.69) is 36.1 Å². The molecule has 0 radical (unpaired) electrons. The minimum Gasteiger partial charge on any atom is -0.275 e. The van der Waals surface area contributed by atoms with Gasteiger partial charge < -0.3 is 0 Å². The Hall–Kier alpha value is -2.68. The van der Waals surface area contributed by atoms with Crippen LogP contribution in [0.15, 0.2) is 71.7 Å². The molecule has 0 aliphatic heterocycles. The van der Waals surface area contributed by atoms with E-state index in [0.717, 1.165) is 37.5 Å². The van der Waals surface area contributed by atoms with Crippen LogP contribution in [0.25, 0.3) is 44.3 Å². The number of aryl methyl sites for hydroxylation is 2. The number of rotatable bonds is 2. The smallest absolute Gasteiger partial charge is 0.111 e. The molecular weight excluding hydrogens is 618 g/mol. The van der Waals surface area contributed by atoms with Crippen LogP contribution in [0, 0.1) is 0 Å². The van der Waals surface area contributed by atoms with Gasteiger partial charge in [0.25, 0.3) is 0 Å². The maximum Gasteiger partial charge on any atom is 0.111 e. The summed E-state index contributed by atoms with van der Waals surface area (Å²) in [6.45, 7) is 0. The van der Waals surface area contributed by atoms with E-state index in [0.29, 0.717) is 31.5 Å². The minimum absolute atomic E-state index is 0.516. The summed E-state index contributed by atoms with van der Waals surface area (Å²) in [7, 11) is 3.77. The average Bonchev–Trinajstić information content (AvgIpc) is 3.38. The van der Waals surface area contributed by atoms with Gasteiger partial charge in [0.05, 0.1) is 31.5 Å². The van der Waals surface area contributed by atoms with Crippen molar-refractivity contribution in [3.63, 3.8) is 0 Å². The van der Waals surface area contributed by atoms with Crippen molar-refractivity contribution in [1.82, 2.24) is 29.5 Å². The Kier molecular flexibility index (Phi) is 7.43. The Morgan fingerprint density at radius 3 is 1.89 bits per heavy atom. The second-order valence-corrected chi connectivity index (χ2v) is 10.6. The molecule has 0 aliphatic rings. The van der Waals surface area contributed by atoms with Gasteiger partial charge in [0.1, 0.15) is 15.6 Å². The lowest BCUT2D eigenvalue weighted by molar-refractivity contribution is 0.761. The first-order valence-corrected chi connectivity index (χ1v) is 13.2. The van der Waals surface area contributed by atoms with Crippen LogP contribution in [-0.2, 0) is 14.1 Å². The molecule has 0 bridgehead atoms. The lowest BCUT2D eigenvalue weighted by Crippen LogP contribution is -1.90. The summed E-state index contributed by atoms with van der Waals surface area (Å²) in [6.07, 6.45) is 5.13. The van der Waals surface area contributed by atoms with E-state index in [1.165, 1.54) is 0 Å². The van der Waals surface area contributed by atoms with Crippen LogP contribution >= 0.6 is 62.3 Å². The molecule has 2 aromatic carbocycles. The Balaban J connectivity index is 0.000000152. The van der Waals surface area contributed by atoms with Crippen molar-refractivity contribution in [3.05, 3.63) is 91.8 Å². The third-order valence-corrected chi connectivity index (χ3v) is 7.50. The molecule has 0 aliphatic carbocycles. The number of hydrogen-bond donors (Lipinski definition) is 0. The first-order chi connectivity index (χ1) is 17.7. The SMILES string of the molecule is Cn1cc2cccc(-c3ncc(Cl)cc3Cl)c2n1.Cn1nc2c(-c3ncc(Cl)cc3Cl)cccc2c1Br. The van der Waals surface area contributed by atoms with Gasteiger partial charge in [-0.15, -0.1) is 0 Å². The molecule has 6 nitrogen and oxygen atoms in total. The van der Waals surface area contributed by atoms with Crippen LogP contribution in [0.3, 0.4) is 0 Å². The first kappa shape index (κ1) is 25.9. The van der Waals surface area contributed by atoms with Crippen LogP contribution in [0.4, 0.5) is 0 Å². The lowest BCUT2D eigenvalue weighted by atomic mass is 10.1. The topological polar surface area (TPSA) is 61.4 Å². The van der Waals surface area contributed by atoms with Crippen molar-refractivity contribution in [2.75, 3.05) is 0 Å². The Morgan fingerprint density at radius 2 is 1.30 bits per heavy atom. The van der Waals surface area contributed by atoms with E-state index in [4.69, 9.17) is 46.4 Å². The Labute approximate surface area is 240 Å². The zero-order valence-electron chi connectivity index (χ0n) is 19.4. The number of aromatic nitrogens is 6. The summed E-state index contributed by atoms with van der Waals surface area (Å²) in [5.41, 5.74) is 4.92. The zero-order valence-corrected chi connectivity index (χ0v) is 24.0. The molecule has 0 spiro atoms. The van der Waals surface area contributed by atoms with Gasteiger partial charge in [-0.3, -0.25) is 19.3 Å². The van der Waals surface area contributed by atoms with Gasteiger partial charge >= 0.3 is 0 Å². The molecule has 0 fully saturated rings. The van der Waals surface area contributed by atoms with Gasteiger partial charge in [-0.05, 0) is 34.1 Å². The van der Waals surface area contributed by atoms with Gasteiger partial charge in [0, 0.05) is 54.6 Å². The Morgan fingerprint density at radius 1 is 0.730 bits per heavy atom. The molecule has 37 heavy (non-hydrogen) atoms. The molecule has 0 amide bonds. The third-order valence-electron chi connectivity index (χ3n) is 5.57. The molecule has 0 N–H and O–H groups in total. The van der Waals surface area contributed by atoms with Crippen LogP contribution in [0.1, 0.15) is 0 Å². The van der Waals surface area contributed by atoms with Gasteiger partial charge in [-0.1, -0.05) is 76.7 Å². The highest BCUT2D eigenvalue weighted by Crippen LogP contribution is 2.35. The van der Waals surface area contributed by atoms with E-state index in [9.17, 15) is 0 Å². The van der Waals surface area contributed by atoms with Gasteiger partial charge in [-0.2, -0.15) is 10.2 Å². The van der Waals surface area contributed by atoms with Gasteiger partial charge in [-0.25, -0.2) is 0 Å². The van der Waals surface area contributed by atoms with Crippen molar-refractivity contribution in [2.24, 2.45) is 14.1 Å². The molecule has 6 rings (SSSR count). The standard InChI is InChI=1S/C13H8BrCl2N3.C13H9Cl2N3/c1-19-13(14)9-4-2-3-8(11(9)18-19)12-10(16)5-7(15)6-17-12;1-18-7-8-3-2-4-10(12(8)17-18)13-11(15)5-9(14)6-16-13/h2-6H,1H3;2-7H,1H3. The molecule has 0 saturated heterocycles. The highest BCUT2D eigenvalue weighted by molar-refractivity contribution is 9.10. The average molecular weight is 635 g/mol. The highest BCUT2D eigenvalue weighted by Gasteiger charge is 2.15. The number of nitrogens with zero attached hydrogens (tertiary/aromatic N) is 6. The van der Waals surface area contributed by atoms with Crippen LogP contribution in [-0.4, -0.2) is 29.5 Å². The third kappa shape index (κ3) is 5.19. The number of hydrogen-bond acceptors (Lipinski definition) is 4. The minimum atomic E-state index is 0.516. The summed E-state index contributed by atoms with van der Waals surface area (Å²) >= 11 is 27.7. The van der Waals surface area contributed by atoms with Gasteiger partial charge in [0.2, 0.25) is 0 Å². The molecule has 6 aromatic rings. The zero-order chi connectivity index (χ0) is 26.3. The molecule has 0 unspecified atom stereocenters. The largest absolute Gasteiger partial charge is 0.275 e. The first-order valence-electron chi connectivity index (χ1n) is 10.9. The monoisotopic (exact) mass is 632 g/mol. The second-order valence-electron chi connectivity index (χ2n) is 8.13. The normalized spacial score (nSPS) is 11.1. The summed E-state index contributed by atoms with van der Waals surface area (Å²) < 4.78 is 4.48. The second kappa shape index (κ2) is 10.6. The number of pyridine rings is 2. The van der Waals surface area contributed by atoms with Crippen molar-refractivity contribution >= 4 is 84.1 Å². The number of fused-ring (bicyclic) bond motifs is 2. The van der Waals surface area contributed by atoms with Crippen molar-refractivity contribution in [3.8, 4) is 22.5 Å². The molecular formula is C26H17BrCl4N6. The molecule has 4 heterocycles. The lowest BCUT2D eigenvalue weighted by Gasteiger charge is -2.04. The summed E-state index contributed by atoms with van der Waals surface area (Å²) in [6, 6.07) is 15.2. The summed E-state index contributed by atoms with van der Waals surface area (Å²) in [4.78, 5) is 8.60. The number of benzene rings is 2. The predicted molar refractivity (Wildman–Crippen MR) is 156 cm³/mol. The Bertz CT molecular complexity index is 1780. The fraction of sp³-hybridized carbons (Fsp3) is 0.0769. The molecule has 4 aromatic heterocycles. The number of halogens is 5. The summed E-state index contributed by atoms with van der Waals surface area (Å²) in [5.74, 6) is 0. The van der Waals surface area contributed by atoms with Gasteiger partial charge in [0.15, 0.2) is 0 Å². The van der Waals surface area contributed by atoms with E-state index in [-0.39, 0.29) is 0 Å². The molecule has 11 heteroatoms. The maximum atomic E-state index is 6.22. The van der Waals surface area contributed by atoms with E-state index in [1.807, 2.05) is 56.7 Å². The maximum absolute atomic E-state index is 6.22. The van der Waals surface area contributed by atoms with Crippen molar-refractivity contribution in [1.29, 1.82) is 0 Å². The van der Waals surface area contributed by atoms with E-state index < -0.39 is 0 Å². The van der Waals surface area contributed by atoms with E-state index >= 15 is 0 Å². The van der Waals surface area contributed by atoms with E-state index in [1.54, 1.807) is 33.9 Å². The predicted octanol–water partition coefficient (Wildman–Crippen LogP) is 8.65. The fourth-order valence-corrected chi connectivity index (χ4v) is 5.32. The van der Waals surface area contributed by atoms with Crippen LogP contribution in [0.2, 0.25) is 20.1 Å². The van der Waals surface area contributed by atoms with Crippen molar-refractivity contribution in [2.45, 2.75) is 0 Å². The molecule has 186 valence electrons.